The predicted molar refractivity (Wildman–Crippen MR) is 110 cm³/mol. The van der Waals surface area contributed by atoms with Crippen molar-refractivity contribution in [3.8, 4) is 0 Å². The van der Waals surface area contributed by atoms with Crippen molar-refractivity contribution in [3.63, 3.8) is 0 Å². The average molecular weight is 359 g/mol. The van der Waals surface area contributed by atoms with Gasteiger partial charge in [-0.15, -0.1) is 11.3 Å². The van der Waals surface area contributed by atoms with E-state index in [-0.39, 0.29) is 5.97 Å². The van der Waals surface area contributed by atoms with Crippen molar-refractivity contribution < 1.29 is 9.53 Å². The molecule has 0 aromatic carbocycles. The van der Waals surface area contributed by atoms with Crippen LogP contribution >= 0.6 is 11.3 Å². The Labute approximate surface area is 156 Å². The largest absolute Gasteiger partial charge is 0.463 e. The van der Waals surface area contributed by atoms with Crippen LogP contribution in [0.3, 0.4) is 0 Å². The third kappa shape index (κ3) is 6.87. The van der Waals surface area contributed by atoms with Crippen LogP contribution in [0, 0.1) is 6.92 Å². The van der Waals surface area contributed by atoms with Crippen LogP contribution < -0.4 is 0 Å². The molecule has 0 aliphatic heterocycles. The van der Waals surface area contributed by atoms with Crippen LogP contribution in [0.2, 0.25) is 0 Å². The molecule has 0 atom stereocenters. The number of esters is 1. The molecule has 0 aliphatic rings. The van der Waals surface area contributed by atoms with E-state index in [4.69, 9.17) is 4.74 Å². The van der Waals surface area contributed by atoms with E-state index in [9.17, 15) is 4.79 Å². The molecular formula is C22H30O2S. The Morgan fingerprint density at radius 1 is 1.08 bits per heavy atom. The summed E-state index contributed by atoms with van der Waals surface area (Å²) >= 11 is 1.91. The Morgan fingerprint density at radius 2 is 1.80 bits per heavy atom. The zero-order valence-corrected chi connectivity index (χ0v) is 17.1. The molecule has 25 heavy (non-hydrogen) atoms. The zero-order chi connectivity index (χ0) is 18.8. The van der Waals surface area contributed by atoms with Crippen molar-refractivity contribution in [2.75, 3.05) is 6.61 Å². The molecule has 3 heteroatoms. The second-order valence-corrected chi connectivity index (χ2v) is 7.23. The summed E-state index contributed by atoms with van der Waals surface area (Å²) in [7, 11) is 0. The molecule has 1 aromatic heterocycles. The van der Waals surface area contributed by atoms with E-state index in [0.29, 0.717) is 6.61 Å². The standard InChI is InChI=1S/C22H30O2S/c1-7-19-18(6)25-21(8-2)20(19)14-13-16(4)11-10-12-17(5)15-22(23)24-9-3/h10-15H,7-9H2,1-6H3/b12-10+,14-13+,16-11+,17-15+. The van der Waals surface area contributed by atoms with Gasteiger partial charge in [0.05, 0.1) is 6.61 Å². The van der Waals surface area contributed by atoms with Crippen molar-refractivity contribution >= 4 is 23.4 Å². The minimum absolute atomic E-state index is 0.294. The topological polar surface area (TPSA) is 26.3 Å². The fourth-order valence-electron chi connectivity index (χ4n) is 2.59. The summed E-state index contributed by atoms with van der Waals surface area (Å²) < 4.78 is 4.90. The number of hydrogen-bond donors (Lipinski definition) is 0. The van der Waals surface area contributed by atoms with Gasteiger partial charge in [-0.1, -0.05) is 49.8 Å². The Kier molecular flexibility index (Phi) is 9.22. The van der Waals surface area contributed by atoms with Crippen LogP contribution in [0.25, 0.3) is 6.08 Å². The molecule has 0 aliphatic carbocycles. The highest BCUT2D eigenvalue weighted by Crippen LogP contribution is 2.30. The SMILES string of the molecule is CCOC(=O)/C=C(C)/C=C/C=C(C)/C=C/c1c(CC)sc(C)c1CC. The lowest BCUT2D eigenvalue weighted by molar-refractivity contribution is -0.137. The van der Waals surface area contributed by atoms with Crippen LogP contribution in [-0.2, 0) is 22.4 Å². The molecule has 0 amide bonds. The Morgan fingerprint density at radius 3 is 2.40 bits per heavy atom. The quantitative estimate of drug-likeness (QED) is 0.314. The Hall–Kier alpha value is -1.87. The van der Waals surface area contributed by atoms with Crippen LogP contribution in [0.4, 0.5) is 0 Å². The van der Waals surface area contributed by atoms with Crippen molar-refractivity contribution in [2.45, 2.75) is 54.4 Å². The Balaban J connectivity index is 2.83. The van der Waals surface area contributed by atoms with Crippen LogP contribution in [0.1, 0.15) is 55.5 Å². The number of ether oxygens (including phenoxy) is 1. The first-order valence-electron chi connectivity index (χ1n) is 8.92. The maximum Gasteiger partial charge on any atom is 0.330 e. The monoisotopic (exact) mass is 358 g/mol. The molecule has 1 heterocycles. The average Bonchev–Trinajstić information content (AvgIpc) is 2.87. The minimum atomic E-state index is -0.294. The van der Waals surface area contributed by atoms with Gasteiger partial charge in [0, 0.05) is 15.8 Å². The number of carbonyl (C=O) groups is 1. The number of aryl methyl sites for hydroxylation is 2. The van der Waals surface area contributed by atoms with Gasteiger partial charge in [0.1, 0.15) is 0 Å². The first-order chi connectivity index (χ1) is 11.9. The maximum atomic E-state index is 11.4. The minimum Gasteiger partial charge on any atom is -0.463 e. The number of rotatable bonds is 8. The highest BCUT2D eigenvalue weighted by Gasteiger charge is 2.10. The normalized spacial score (nSPS) is 13.2. The number of thiophene rings is 1. The molecule has 0 saturated heterocycles. The summed E-state index contributed by atoms with van der Waals surface area (Å²) in [5.74, 6) is -0.294. The summed E-state index contributed by atoms with van der Waals surface area (Å²) in [6.07, 6.45) is 14.0. The van der Waals surface area contributed by atoms with E-state index in [1.807, 2.05) is 30.4 Å². The van der Waals surface area contributed by atoms with E-state index >= 15 is 0 Å². The van der Waals surface area contributed by atoms with E-state index in [2.05, 4.69) is 45.9 Å². The highest BCUT2D eigenvalue weighted by molar-refractivity contribution is 7.12. The van der Waals surface area contributed by atoms with E-state index < -0.39 is 0 Å². The lowest BCUT2D eigenvalue weighted by atomic mass is 10.0. The number of allylic oxidation sites excluding steroid dienone is 6. The second kappa shape index (κ2) is 10.9. The van der Waals surface area contributed by atoms with Crippen molar-refractivity contribution in [2.24, 2.45) is 0 Å². The van der Waals surface area contributed by atoms with Crippen molar-refractivity contribution in [1.29, 1.82) is 0 Å². The first-order valence-corrected chi connectivity index (χ1v) is 9.73. The molecule has 0 unspecified atom stereocenters. The molecule has 0 bridgehead atoms. The molecule has 0 fully saturated rings. The fraction of sp³-hybridized carbons (Fsp3) is 0.409. The van der Waals surface area contributed by atoms with Crippen LogP contribution in [0.5, 0.6) is 0 Å². The van der Waals surface area contributed by atoms with E-state index in [1.165, 1.54) is 32.5 Å². The molecule has 2 nitrogen and oxygen atoms in total. The lowest BCUT2D eigenvalue weighted by Gasteiger charge is -2.00. The van der Waals surface area contributed by atoms with Crippen LogP contribution in [-0.4, -0.2) is 12.6 Å². The molecule has 0 N–H and O–H groups in total. The molecule has 136 valence electrons. The van der Waals surface area contributed by atoms with Gasteiger partial charge in [0.25, 0.3) is 0 Å². The lowest BCUT2D eigenvalue weighted by Crippen LogP contribution is -1.99. The molecule has 0 spiro atoms. The van der Waals surface area contributed by atoms with Gasteiger partial charge in [-0.2, -0.15) is 0 Å². The van der Waals surface area contributed by atoms with Gasteiger partial charge in [0.15, 0.2) is 0 Å². The Bertz CT molecular complexity index is 700. The summed E-state index contributed by atoms with van der Waals surface area (Å²) in [5.41, 5.74) is 4.91. The van der Waals surface area contributed by atoms with Gasteiger partial charge in [0.2, 0.25) is 0 Å². The van der Waals surface area contributed by atoms with Gasteiger partial charge < -0.3 is 4.74 Å². The van der Waals surface area contributed by atoms with Crippen molar-refractivity contribution in [1.82, 2.24) is 0 Å². The third-order valence-electron chi connectivity index (χ3n) is 3.86. The molecule has 1 rings (SSSR count). The van der Waals surface area contributed by atoms with E-state index in [0.717, 1.165) is 18.4 Å². The zero-order valence-electron chi connectivity index (χ0n) is 16.3. The smallest absolute Gasteiger partial charge is 0.330 e. The third-order valence-corrected chi connectivity index (χ3v) is 5.17. The predicted octanol–water partition coefficient (Wildman–Crippen LogP) is 6.21. The van der Waals surface area contributed by atoms with Gasteiger partial charge in [-0.05, 0) is 57.2 Å². The molecule has 0 saturated carbocycles. The molecular weight excluding hydrogens is 328 g/mol. The maximum absolute atomic E-state index is 11.4. The summed E-state index contributed by atoms with van der Waals surface area (Å²) in [6, 6.07) is 0. The fourth-order valence-corrected chi connectivity index (χ4v) is 3.79. The summed E-state index contributed by atoms with van der Waals surface area (Å²) in [6.45, 7) is 12.8. The van der Waals surface area contributed by atoms with E-state index in [1.54, 1.807) is 6.92 Å². The number of hydrogen-bond acceptors (Lipinski definition) is 3. The number of carbonyl (C=O) groups excluding carboxylic acids is 1. The van der Waals surface area contributed by atoms with Gasteiger partial charge in [-0.25, -0.2) is 4.79 Å². The highest BCUT2D eigenvalue weighted by atomic mass is 32.1. The van der Waals surface area contributed by atoms with Crippen LogP contribution in [0.15, 0.2) is 41.5 Å². The van der Waals surface area contributed by atoms with Gasteiger partial charge >= 0.3 is 5.97 Å². The summed E-state index contributed by atoms with van der Waals surface area (Å²) in [4.78, 5) is 14.3. The van der Waals surface area contributed by atoms with Crippen molar-refractivity contribution in [3.05, 3.63) is 62.4 Å². The molecule has 0 radical (unpaired) electrons. The second-order valence-electron chi connectivity index (χ2n) is 5.92. The van der Waals surface area contributed by atoms with Gasteiger partial charge in [-0.3, -0.25) is 0 Å². The first kappa shape index (κ1) is 21.2. The molecule has 1 aromatic rings. The summed E-state index contributed by atoms with van der Waals surface area (Å²) in [5, 5.41) is 0.